The fourth-order valence-corrected chi connectivity index (χ4v) is 2.69. The first kappa shape index (κ1) is 11.0. The van der Waals surface area contributed by atoms with Crippen LogP contribution >= 0.6 is 0 Å². The minimum atomic E-state index is -0.133. The number of hydrogen-bond acceptors (Lipinski definition) is 3. The highest BCUT2D eigenvalue weighted by molar-refractivity contribution is 5.43. The topological polar surface area (TPSA) is 30.5 Å². The predicted molar refractivity (Wildman–Crippen MR) is 61.5 cm³/mol. The molecule has 0 aliphatic carbocycles. The fraction of sp³-hybridized carbons (Fsp3) is 0.538. The average Bonchev–Trinajstić information content (AvgIpc) is 2.39. The lowest BCUT2D eigenvalue weighted by molar-refractivity contribution is -0.0173. The van der Waals surface area contributed by atoms with Crippen molar-refractivity contribution in [3.8, 4) is 5.75 Å². The third-order valence-corrected chi connectivity index (χ3v) is 3.51. The van der Waals surface area contributed by atoms with Crippen molar-refractivity contribution >= 4 is 0 Å². The summed E-state index contributed by atoms with van der Waals surface area (Å²) in [6.45, 7) is 2.59. The number of piperidine rings is 1. The lowest BCUT2D eigenvalue weighted by Gasteiger charge is -2.28. The van der Waals surface area contributed by atoms with Crippen LogP contribution in [0.1, 0.15) is 29.9 Å². The van der Waals surface area contributed by atoms with Gasteiger partial charge in [0, 0.05) is 17.7 Å². The summed E-state index contributed by atoms with van der Waals surface area (Å²) in [7, 11) is 0. The van der Waals surface area contributed by atoms with Gasteiger partial charge < -0.3 is 14.8 Å². The molecular formula is C13H16FNO2. The van der Waals surface area contributed by atoms with Crippen LogP contribution in [0, 0.1) is 5.82 Å². The summed E-state index contributed by atoms with van der Waals surface area (Å²) in [5.41, 5.74) is 1.68. The zero-order valence-electron chi connectivity index (χ0n) is 9.67. The molecular weight excluding hydrogens is 221 g/mol. The van der Waals surface area contributed by atoms with Crippen molar-refractivity contribution in [2.75, 3.05) is 19.9 Å². The molecule has 0 aromatic heterocycles. The van der Waals surface area contributed by atoms with Crippen LogP contribution in [0.15, 0.2) is 12.1 Å². The first-order valence-corrected chi connectivity index (χ1v) is 6.09. The highest BCUT2D eigenvalue weighted by Gasteiger charge is 2.25. The average molecular weight is 237 g/mol. The Kier molecular flexibility index (Phi) is 2.99. The number of hydrogen-bond donors (Lipinski definition) is 1. The Labute approximate surface area is 99.9 Å². The molecule has 1 aromatic carbocycles. The zero-order chi connectivity index (χ0) is 11.7. The third kappa shape index (κ3) is 2.03. The van der Waals surface area contributed by atoms with Crippen LogP contribution in [0.5, 0.6) is 5.75 Å². The van der Waals surface area contributed by atoms with Gasteiger partial charge in [-0.05, 0) is 37.4 Å². The van der Waals surface area contributed by atoms with Crippen molar-refractivity contribution < 1.29 is 13.9 Å². The lowest BCUT2D eigenvalue weighted by Crippen LogP contribution is -2.30. The lowest BCUT2D eigenvalue weighted by atomic mass is 9.87. The van der Waals surface area contributed by atoms with Crippen LogP contribution in [0.25, 0.3) is 0 Å². The number of rotatable bonds is 1. The molecule has 1 unspecified atom stereocenters. The van der Waals surface area contributed by atoms with E-state index in [1.807, 2.05) is 0 Å². The van der Waals surface area contributed by atoms with E-state index in [2.05, 4.69) is 5.32 Å². The molecule has 1 fully saturated rings. The quantitative estimate of drug-likeness (QED) is 0.812. The Morgan fingerprint density at radius 3 is 3.12 bits per heavy atom. The molecule has 2 aliphatic heterocycles. The molecule has 0 saturated carbocycles. The van der Waals surface area contributed by atoms with E-state index in [9.17, 15) is 4.39 Å². The molecule has 3 nitrogen and oxygen atoms in total. The Morgan fingerprint density at radius 1 is 1.35 bits per heavy atom. The van der Waals surface area contributed by atoms with Gasteiger partial charge >= 0.3 is 0 Å². The first-order chi connectivity index (χ1) is 8.36. The maximum Gasteiger partial charge on any atom is 0.189 e. The van der Waals surface area contributed by atoms with E-state index >= 15 is 0 Å². The van der Waals surface area contributed by atoms with E-state index in [4.69, 9.17) is 9.47 Å². The SMILES string of the molecule is Fc1ccc2c(c1C1CCCNC1)COCO2. The molecule has 1 atom stereocenters. The Morgan fingerprint density at radius 2 is 2.29 bits per heavy atom. The molecule has 3 rings (SSSR count). The molecule has 0 radical (unpaired) electrons. The molecule has 92 valence electrons. The van der Waals surface area contributed by atoms with Gasteiger partial charge in [-0.3, -0.25) is 0 Å². The van der Waals surface area contributed by atoms with Crippen LogP contribution in [0.4, 0.5) is 4.39 Å². The highest BCUT2D eigenvalue weighted by Crippen LogP contribution is 2.35. The van der Waals surface area contributed by atoms with Crippen LogP contribution in [0.2, 0.25) is 0 Å². The van der Waals surface area contributed by atoms with E-state index in [1.165, 1.54) is 6.07 Å². The largest absolute Gasteiger partial charge is 0.467 e. The Bertz CT molecular complexity index is 416. The normalized spacial score (nSPS) is 23.9. The number of fused-ring (bicyclic) bond motifs is 1. The second kappa shape index (κ2) is 4.63. The van der Waals surface area contributed by atoms with Gasteiger partial charge in [-0.15, -0.1) is 0 Å². The fourth-order valence-electron chi connectivity index (χ4n) is 2.69. The first-order valence-electron chi connectivity index (χ1n) is 6.09. The standard InChI is InChI=1S/C13H16FNO2/c14-11-3-4-12-10(7-16-8-17-12)13(11)9-2-1-5-15-6-9/h3-4,9,15H,1-2,5-8H2. The van der Waals surface area contributed by atoms with E-state index in [0.717, 1.165) is 42.8 Å². The summed E-state index contributed by atoms with van der Waals surface area (Å²) in [4.78, 5) is 0. The summed E-state index contributed by atoms with van der Waals surface area (Å²) in [6, 6.07) is 3.21. The van der Waals surface area contributed by atoms with Crippen molar-refractivity contribution in [2.24, 2.45) is 0 Å². The summed E-state index contributed by atoms with van der Waals surface area (Å²) in [5.74, 6) is 0.883. The molecule has 0 bridgehead atoms. The monoisotopic (exact) mass is 237 g/mol. The molecule has 1 saturated heterocycles. The summed E-state index contributed by atoms with van der Waals surface area (Å²) in [5, 5.41) is 3.32. The van der Waals surface area contributed by atoms with Crippen LogP contribution in [-0.2, 0) is 11.3 Å². The van der Waals surface area contributed by atoms with Crippen LogP contribution in [0.3, 0.4) is 0 Å². The van der Waals surface area contributed by atoms with E-state index in [1.54, 1.807) is 6.07 Å². The van der Waals surface area contributed by atoms with Gasteiger partial charge in [-0.25, -0.2) is 4.39 Å². The van der Waals surface area contributed by atoms with Gasteiger partial charge in [0.05, 0.1) is 6.61 Å². The molecule has 0 amide bonds. The number of halogens is 1. The van der Waals surface area contributed by atoms with E-state index in [-0.39, 0.29) is 18.5 Å². The summed E-state index contributed by atoms with van der Waals surface area (Å²) in [6.07, 6.45) is 2.12. The second-order valence-corrected chi connectivity index (χ2v) is 4.59. The smallest absolute Gasteiger partial charge is 0.189 e. The van der Waals surface area contributed by atoms with Gasteiger partial charge in [0.15, 0.2) is 6.79 Å². The van der Waals surface area contributed by atoms with E-state index < -0.39 is 0 Å². The zero-order valence-corrected chi connectivity index (χ0v) is 9.67. The van der Waals surface area contributed by atoms with Gasteiger partial charge in [0.2, 0.25) is 0 Å². The van der Waals surface area contributed by atoms with Gasteiger partial charge in [-0.2, -0.15) is 0 Å². The minimum Gasteiger partial charge on any atom is -0.467 e. The number of benzene rings is 1. The molecule has 2 aliphatic rings. The number of nitrogens with one attached hydrogen (secondary N) is 1. The maximum atomic E-state index is 14.0. The molecule has 1 N–H and O–H groups in total. The third-order valence-electron chi connectivity index (χ3n) is 3.51. The van der Waals surface area contributed by atoms with Crippen molar-refractivity contribution in [2.45, 2.75) is 25.4 Å². The summed E-state index contributed by atoms with van der Waals surface area (Å²) < 4.78 is 24.7. The minimum absolute atomic E-state index is 0.133. The molecule has 17 heavy (non-hydrogen) atoms. The van der Waals surface area contributed by atoms with Gasteiger partial charge in [0.1, 0.15) is 11.6 Å². The van der Waals surface area contributed by atoms with Crippen molar-refractivity contribution in [3.05, 3.63) is 29.1 Å². The van der Waals surface area contributed by atoms with Crippen molar-refractivity contribution in [1.82, 2.24) is 5.32 Å². The van der Waals surface area contributed by atoms with Gasteiger partial charge in [-0.1, -0.05) is 0 Å². The molecule has 4 heteroatoms. The van der Waals surface area contributed by atoms with Crippen LogP contribution < -0.4 is 10.1 Å². The highest BCUT2D eigenvalue weighted by atomic mass is 19.1. The summed E-state index contributed by atoms with van der Waals surface area (Å²) >= 11 is 0. The number of ether oxygens (including phenoxy) is 2. The molecule has 0 spiro atoms. The predicted octanol–water partition coefficient (Wildman–Crippen LogP) is 2.16. The molecule has 2 heterocycles. The van der Waals surface area contributed by atoms with Gasteiger partial charge in [0.25, 0.3) is 0 Å². The Hall–Kier alpha value is -1.13. The molecule has 1 aromatic rings. The van der Waals surface area contributed by atoms with Crippen molar-refractivity contribution in [3.63, 3.8) is 0 Å². The van der Waals surface area contributed by atoms with Crippen molar-refractivity contribution in [1.29, 1.82) is 0 Å². The van der Waals surface area contributed by atoms with Crippen LogP contribution in [-0.4, -0.2) is 19.9 Å². The Balaban J connectivity index is 2.01. The van der Waals surface area contributed by atoms with E-state index in [0.29, 0.717) is 6.61 Å². The second-order valence-electron chi connectivity index (χ2n) is 4.59. The maximum absolute atomic E-state index is 14.0.